The minimum Gasteiger partial charge on any atom is -1.00 e. The zero-order valence-corrected chi connectivity index (χ0v) is 19.0. The number of anilines is 2. The van der Waals surface area contributed by atoms with Crippen LogP contribution in [0.15, 0.2) is 36.4 Å². The molecule has 4 N–H and O–H groups in total. The van der Waals surface area contributed by atoms with Crippen LogP contribution >= 0.6 is 0 Å². The van der Waals surface area contributed by atoms with Crippen LogP contribution in [0.5, 0.6) is 0 Å². The SMILES string of the molecule is Cc1cc(C)c2ccc(N)nc2n1.Cc1cc(C)c2ccc(N)nc2n1.[Cl-].[Cl-].[Co+2]. The second-order valence-corrected chi connectivity index (χ2v) is 6.38. The summed E-state index contributed by atoms with van der Waals surface area (Å²) in [6.45, 7) is 8.01. The first kappa shape index (κ1) is 26.8. The van der Waals surface area contributed by atoms with Crippen molar-refractivity contribution >= 4 is 33.7 Å². The standard InChI is InChI=1S/2C10H11N3.2ClH.Co/c2*1-6-5-7(2)12-10-8(6)3-4-9(11)13-10;;;/h2*3-5H,1-2H3,(H2,11,12,13);2*1H;/q;;;;+2/p-2. The number of rotatable bonds is 0. The van der Waals surface area contributed by atoms with Crippen LogP contribution in [0.25, 0.3) is 22.1 Å². The van der Waals surface area contributed by atoms with Gasteiger partial charge in [-0.1, -0.05) is 0 Å². The van der Waals surface area contributed by atoms with Gasteiger partial charge in [-0.15, -0.1) is 0 Å². The van der Waals surface area contributed by atoms with Crippen LogP contribution in [0.1, 0.15) is 22.5 Å². The number of hydrogen-bond acceptors (Lipinski definition) is 6. The Kier molecular flexibility index (Phi) is 10.3. The molecule has 0 aliphatic carbocycles. The third kappa shape index (κ3) is 6.40. The maximum Gasteiger partial charge on any atom is 2.00 e. The molecule has 0 amide bonds. The molecule has 6 nitrogen and oxygen atoms in total. The van der Waals surface area contributed by atoms with E-state index in [1.165, 1.54) is 11.1 Å². The van der Waals surface area contributed by atoms with E-state index in [1.54, 1.807) is 12.1 Å². The summed E-state index contributed by atoms with van der Waals surface area (Å²) in [5.74, 6) is 1.04. The molecule has 0 saturated heterocycles. The third-order valence-electron chi connectivity index (χ3n) is 4.06. The molecule has 4 aromatic rings. The van der Waals surface area contributed by atoms with Crippen molar-refractivity contribution in [1.29, 1.82) is 0 Å². The maximum atomic E-state index is 5.57. The van der Waals surface area contributed by atoms with Gasteiger partial charge in [0.05, 0.1) is 0 Å². The summed E-state index contributed by atoms with van der Waals surface area (Å²) in [6, 6.07) is 11.6. The zero-order valence-electron chi connectivity index (χ0n) is 16.5. The minimum atomic E-state index is 0. The van der Waals surface area contributed by atoms with Crippen LogP contribution < -0.4 is 36.3 Å². The molecule has 1 radical (unpaired) electrons. The van der Waals surface area contributed by atoms with E-state index in [-0.39, 0.29) is 41.6 Å². The van der Waals surface area contributed by atoms with Crippen LogP contribution in [0.3, 0.4) is 0 Å². The van der Waals surface area contributed by atoms with Crippen molar-refractivity contribution in [2.45, 2.75) is 27.7 Å². The molecule has 4 aromatic heterocycles. The maximum absolute atomic E-state index is 5.57. The van der Waals surface area contributed by atoms with E-state index >= 15 is 0 Å². The van der Waals surface area contributed by atoms with Crippen molar-refractivity contribution < 1.29 is 41.6 Å². The number of fused-ring (bicyclic) bond motifs is 2. The van der Waals surface area contributed by atoms with Gasteiger partial charge in [-0.05, 0) is 75.2 Å². The van der Waals surface area contributed by atoms with Crippen molar-refractivity contribution in [1.82, 2.24) is 19.9 Å². The van der Waals surface area contributed by atoms with Crippen LogP contribution in [-0.2, 0) is 16.8 Å². The Balaban J connectivity index is 0.000000490. The summed E-state index contributed by atoms with van der Waals surface area (Å²) in [7, 11) is 0. The van der Waals surface area contributed by atoms with Gasteiger partial charge in [-0.2, -0.15) is 0 Å². The van der Waals surface area contributed by atoms with E-state index in [4.69, 9.17) is 11.5 Å². The molecule has 0 spiro atoms. The van der Waals surface area contributed by atoms with E-state index in [0.29, 0.717) is 11.6 Å². The second kappa shape index (κ2) is 11.1. The molecule has 4 rings (SSSR count). The molecule has 9 heteroatoms. The summed E-state index contributed by atoms with van der Waals surface area (Å²) in [5.41, 5.74) is 16.9. The van der Waals surface area contributed by atoms with E-state index in [1.807, 2.05) is 38.1 Å². The number of pyridine rings is 4. The van der Waals surface area contributed by atoms with Crippen molar-refractivity contribution in [3.8, 4) is 0 Å². The molecular weight excluding hydrogens is 454 g/mol. The molecule has 0 atom stereocenters. The number of hydrogen-bond donors (Lipinski definition) is 2. The van der Waals surface area contributed by atoms with Crippen molar-refractivity contribution in [3.05, 3.63) is 58.9 Å². The molecule has 4 heterocycles. The number of aromatic nitrogens is 4. The van der Waals surface area contributed by atoms with Crippen molar-refractivity contribution in [2.24, 2.45) is 0 Å². The number of nitrogens with two attached hydrogens (primary N) is 2. The topological polar surface area (TPSA) is 104 Å². The Morgan fingerprint density at radius 2 is 0.931 bits per heavy atom. The fraction of sp³-hybridized carbons (Fsp3) is 0.200. The van der Waals surface area contributed by atoms with Crippen molar-refractivity contribution in [2.75, 3.05) is 11.5 Å². The molecule has 29 heavy (non-hydrogen) atoms. The Morgan fingerprint density at radius 3 is 1.28 bits per heavy atom. The normalized spacial score (nSPS) is 9.52. The summed E-state index contributed by atoms with van der Waals surface area (Å²) in [4.78, 5) is 16.9. The first-order valence-electron chi connectivity index (χ1n) is 8.34. The van der Waals surface area contributed by atoms with E-state index in [2.05, 4.69) is 33.8 Å². The Labute approximate surface area is 193 Å². The number of halogens is 2. The second-order valence-electron chi connectivity index (χ2n) is 6.38. The predicted octanol–water partition coefficient (Wildman–Crippen LogP) is -2.34. The molecular formula is C20H22Cl2CoN6. The third-order valence-corrected chi connectivity index (χ3v) is 4.06. The van der Waals surface area contributed by atoms with Crippen LogP contribution in [0.4, 0.5) is 11.6 Å². The van der Waals surface area contributed by atoms with E-state index < -0.39 is 0 Å². The Morgan fingerprint density at radius 1 is 0.586 bits per heavy atom. The van der Waals surface area contributed by atoms with E-state index in [9.17, 15) is 0 Å². The van der Waals surface area contributed by atoms with Gasteiger partial charge < -0.3 is 36.3 Å². The average molecular weight is 476 g/mol. The van der Waals surface area contributed by atoms with Gasteiger partial charge >= 0.3 is 16.8 Å². The Bertz CT molecular complexity index is 1020. The largest absolute Gasteiger partial charge is 2.00 e. The molecule has 0 unspecified atom stereocenters. The van der Waals surface area contributed by atoms with Gasteiger partial charge in [-0.25, -0.2) is 19.9 Å². The van der Waals surface area contributed by atoms with Crippen LogP contribution in [0, 0.1) is 27.7 Å². The Hall–Kier alpha value is -2.19. The molecule has 0 aliphatic rings. The van der Waals surface area contributed by atoms with E-state index in [0.717, 1.165) is 33.5 Å². The number of nitrogen functional groups attached to an aromatic ring is 2. The molecule has 0 fully saturated rings. The molecule has 0 bridgehead atoms. The summed E-state index contributed by atoms with van der Waals surface area (Å²) in [5, 5.41) is 2.14. The molecule has 0 aromatic carbocycles. The van der Waals surface area contributed by atoms with Gasteiger partial charge in [0.1, 0.15) is 11.6 Å². The zero-order chi connectivity index (χ0) is 18.8. The van der Waals surface area contributed by atoms with Crippen LogP contribution in [-0.4, -0.2) is 19.9 Å². The monoisotopic (exact) mass is 475 g/mol. The first-order valence-corrected chi connectivity index (χ1v) is 8.34. The van der Waals surface area contributed by atoms with Crippen molar-refractivity contribution in [3.63, 3.8) is 0 Å². The van der Waals surface area contributed by atoms with Gasteiger partial charge in [-0.3, -0.25) is 0 Å². The average Bonchev–Trinajstić information content (AvgIpc) is 2.54. The summed E-state index contributed by atoms with van der Waals surface area (Å²) >= 11 is 0. The molecule has 155 valence electrons. The van der Waals surface area contributed by atoms with Gasteiger partial charge in [0.15, 0.2) is 11.3 Å². The molecule has 0 saturated carbocycles. The smallest absolute Gasteiger partial charge is 1.00 e. The first-order chi connectivity index (χ1) is 12.3. The van der Waals surface area contributed by atoms with Crippen LogP contribution in [0.2, 0.25) is 0 Å². The van der Waals surface area contributed by atoms with Gasteiger partial charge in [0, 0.05) is 22.2 Å². The minimum absolute atomic E-state index is 0. The van der Waals surface area contributed by atoms with Gasteiger partial charge in [0.25, 0.3) is 0 Å². The fourth-order valence-corrected chi connectivity index (χ4v) is 2.89. The van der Waals surface area contributed by atoms with Gasteiger partial charge in [0.2, 0.25) is 0 Å². The summed E-state index contributed by atoms with van der Waals surface area (Å²) < 4.78 is 0. The molecule has 0 aliphatic heterocycles. The number of aryl methyl sites for hydroxylation is 4. The summed E-state index contributed by atoms with van der Waals surface area (Å²) in [6.07, 6.45) is 0. The fourth-order valence-electron chi connectivity index (χ4n) is 2.89. The predicted molar refractivity (Wildman–Crippen MR) is 107 cm³/mol. The quantitative estimate of drug-likeness (QED) is 0.295. The number of nitrogens with zero attached hydrogens (tertiary/aromatic N) is 4.